The number of carbonyl (C=O) groups is 3. The number of unbranched alkanes of at least 4 members (excludes halogenated alkanes) is 8. The number of rotatable bonds is 47. The molecule has 0 fully saturated rings. The van der Waals surface area contributed by atoms with Crippen LogP contribution in [0.2, 0.25) is 0 Å². The summed E-state index contributed by atoms with van der Waals surface area (Å²) in [4.78, 5) is 38.1. The fraction of sp³-hybridized carbons (Fsp3) is 0.523. The van der Waals surface area contributed by atoms with Crippen molar-refractivity contribution < 1.29 is 28.6 Å². The Balaban J connectivity index is 4.67. The minimum absolute atomic E-state index is 0.145. The second-order valence-corrected chi connectivity index (χ2v) is 17.4. The highest BCUT2D eigenvalue weighted by Crippen LogP contribution is 2.10. The van der Waals surface area contributed by atoms with E-state index in [9.17, 15) is 14.4 Å². The minimum atomic E-state index is -0.853. The lowest BCUT2D eigenvalue weighted by Crippen LogP contribution is -2.30. The van der Waals surface area contributed by atoms with E-state index in [1.165, 1.54) is 25.7 Å². The quantitative estimate of drug-likeness (QED) is 0.0262. The summed E-state index contributed by atoms with van der Waals surface area (Å²) in [6, 6.07) is 0. The van der Waals surface area contributed by atoms with Gasteiger partial charge in [-0.15, -0.1) is 0 Å². The highest BCUT2D eigenvalue weighted by Gasteiger charge is 2.19. The van der Waals surface area contributed by atoms with Crippen LogP contribution in [-0.2, 0) is 28.6 Å². The number of esters is 3. The number of hydrogen-bond donors (Lipinski definition) is 0. The van der Waals surface area contributed by atoms with E-state index >= 15 is 0 Å². The number of hydrogen-bond acceptors (Lipinski definition) is 6. The Morgan fingerprint density at radius 3 is 0.944 bits per heavy atom. The van der Waals surface area contributed by atoms with Gasteiger partial charge in [-0.1, -0.05) is 210 Å². The molecule has 0 rings (SSSR count). The first kappa shape index (κ1) is 65.8. The maximum Gasteiger partial charge on any atom is 0.306 e. The van der Waals surface area contributed by atoms with Gasteiger partial charge in [0.05, 0.1) is 0 Å². The fourth-order valence-electron chi connectivity index (χ4n) is 6.62. The molecular weight excluding hydrogens is 877 g/mol. The molecular formula is C65H98O6. The molecule has 0 aromatic rings. The van der Waals surface area contributed by atoms with Crippen LogP contribution in [0.3, 0.4) is 0 Å². The maximum absolute atomic E-state index is 12.8. The molecule has 0 saturated carbocycles. The largest absolute Gasteiger partial charge is 0.462 e. The van der Waals surface area contributed by atoms with Gasteiger partial charge in [-0.2, -0.15) is 0 Å². The summed E-state index contributed by atoms with van der Waals surface area (Å²) < 4.78 is 16.7. The van der Waals surface area contributed by atoms with Gasteiger partial charge in [0, 0.05) is 19.3 Å². The number of ether oxygens (including phenoxy) is 3. The molecule has 1 atom stereocenters. The van der Waals surface area contributed by atoms with Crippen LogP contribution < -0.4 is 0 Å². The maximum atomic E-state index is 12.8. The highest BCUT2D eigenvalue weighted by molar-refractivity contribution is 5.71. The first-order valence-electron chi connectivity index (χ1n) is 27.6. The predicted molar refractivity (Wildman–Crippen MR) is 306 cm³/mol. The van der Waals surface area contributed by atoms with Crippen molar-refractivity contribution in [2.45, 2.75) is 207 Å². The van der Waals surface area contributed by atoms with Crippen LogP contribution in [0.1, 0.15) is 201 Å². The van der Waals surface area contributed by atoms with E-state index in [0.717, 1.165) is 116 Å². The molecule has 6 nitrogen and oxygen atoms in total. The van der Waals surface area contributed by atoms with Gasteiger partial charge in [-0.25, -0.2) is 0 Å². The normalized spacial score (nSPS) is 13.5. The molecule has 0 spiro atoms. The summed E-state index contributed by atoms with van der Waals surface area (Å²) in [7, 11) is 0. The Kier molecular flexibility index (Phi) is 53.1. The molecule has 0 aromatic heterocycles. The molecule has 0 saturated heterocycles. The lowest BCUT2D eigenvalue weighted by Gasteiger charge is -2.18. The van der Waals surface area contributed by atoms with Crippen LogP contribution in [-0.4, -0.2) is 37.2 Å². The minimum Gasteiger partial charge on any atom is -0.462 e. The van der Waals surface area contributed by atoms with Gasteiger partial charge in [0.15, 0.2) is 6.10 Å². The van der Waals surface area contributed by atoms with Gasteiger partial charge in [-0.3, -0.25) is 14.4 Å². The number of carbonyl (C=O) groups excluding carboxylic acids is 3. The van der Waals surface area contributed by atoms with Crippen molar-refractivity contribution in [1.82, 2.24) is 0 Å². The average Bonchev–Trinajstić information content (AvgIpc) is 3.37. The van der Waals surface area contributed by atoms with Crippen molar-refractivity contribution in [1.29, 1.82) is 0 Å². The standard InChI is InChI=1S/C65H98O6/c1-4-7-10-13-16-19-22-25-28-30-32-34-37-40-43-46-49-52-55-58-64(67)70-61-62(60-69-63(66)57-54-51-48-45-42-39-36-27-24-21-18-15-12-9-6-3)71-65(68)59-56-53-50-47-44-41-38-35-33-31-29-26-23-20-17-14-11-8-5-2/h7,9-10,12,16-21,25-29,32-36,40-45,49,52,62H,4-6,8,11,13-15,22-24,30-31,37-39,46-48,50-51,53-61H2,1-3H3/b10-7-,12-9-,19-16-,20-17-,21-18-,28-25-,29-26-,34-32-,35-33-,36-27-,43-40-,44-41-,45-42-,52-49-/t62-/m1/s1. The van der Waals surface area contributed by atoms with E-state index < -0.39 is 6.10 Å². The third-order valence-electron chi connectivity index (χ3n) is 10.7. The van der Waals surface area contributed by atoms with Gasteiger partial charge in [-0.05, 0) is 141 Å². The summed E-state index contributed by atoms with van der Waals surface area (Å²) in [6.07, 6.45) is 84.9. The lowest BCUT2D eigenvalue weighted by atomic mass is 10.1. The first-order chi connectivity index (χ1) is 35.0. The second-order valence-electron chi connectivity index (χ2n) is 17.4. The summed E-state index contributed by atoms with van der Waals surface area (Å²) in [5.74, 6) is -1.11. The molecule has 0 bridgehead atoms. The van der Waals surface area contributed by atoms with E-state index in [-0.39, 0.29) is 50.4 Å². The lowest BCUT2D eigenvalue weighted by molar-refractivity contribution is -0.166. The predicted octanol–water partition coefficient (Wildman–Crippen LogP) is 18.8. The average molecular weight is 975 g/mol. The van der Waals surface area contributed by atoms with Gasteiger partial charge < -0.3 is 14.2 Å². The van der Waals surface area contributed by atoms with Crippen molar-refractivity contribution in [3.63, 3.8) is 0 Å². The Labute approximate surface area is 434 Å². The third-order valence-corrected chi connectivity index (χ3v) is 10.7. The Morgan fingerprint density at radius 2 is 0.577 bits per heavy atom. The van der Waals surface area contributed by atoms with Crippen molar-refractivity contribution >= 4 is 17.9 Å². The molecule has 0 aliphatic carbocycles. The van der Waals surface area contributed by atoms with Crippen molar-refractivity contribution in [3.05, 3.63) is 170 Å². The highest BCUT2D eigenvalue weighted by atomic mass is 16.6. The smallest absolute Gasteiger partial charge is 0.306 e. The molecule has 71 heavy (non-hydrogen) atoms. The van der Waals surface area contributed by atoms with Crippen molar-refractivity contribution in [3.8, 4) is 0 Å². The molecule has 0 aliphatic rings. The fourth-order valence-corrected chi connectivity index (χ4v) is 6.62. The summed E-state index contributed by atoms with van der Waals surface area (Å²) in [6.45, 7) is 6.23. The van der Waals surface area contributed by atoms with Crippen LogP contribution in [0.5, 0.6) is 0 Å². The van der Waals surface area contributed by atoms with Gasteiger partial charge >= 0.3 is 17.9 Å². The number of allylic oxidation sites excluding steroid dienone is 28. The zero-order chi connectivity index (χ0) is 51.4. The first-order valence-corrected chi connectivity index (χ1v) is 27.6. The SMILES string of the molecule is CC/C=C\C/C=C\C/C=C\C/C=C\C/C=C\C/C=C\CCC(=O)OC[C@@H](COC(=O)CCCC/C=C\C/C=C\C/C=C\C/C=C\CC)OC(=O)CCCCC/C=C\C/C=C\C/C=C\C/C=C\CCCCC. The molecule has 0 aromatic carbocycles. The van der Waals surface area contributed by atoms with Crippen molar-refractivity contribution in [2.75, 3.05) is 13.2 Å². The van der Waals surface area contributed by atoms with E-state index in [1.807, 2.05) is 12.2 Å². The molecule has 0 radical (unpaired) electrons. The third kappa shape index (κ3) is 55.6. The second kappa shape index (κ2) is 57.3. The zero-order valence-corrected chi connectivity index (χ0v) is 44.9. The van der Waals surface area contributed by atoms with Crippen LogP contribution in [0.4, 0.5) is 0 Å². The summed E-state index contributed by atoms with van der Waals surface area (Å²) in [5, 5.41) is 0. The Morgan fingerprint density at radius 1 is 0.296 bits per heavy atom. The van der Waals surface area contributed by atoms with Crippen LogP contribution in [0.15, 0.2) is 170 Å². The summed E-state index contributed by atoms with van der Waals surface area (Å²) in [5.41, 5.74) is 0. The van der Waals surface area contributed by atoms with Crippen LogP contribution in [0.25, 0.3) is 0 Å². The Hall–Kier alpha value is -5.23. The Bertz CT molecular complexity index is 1690. The van der Waals surface area contributed by atoms with Gasteiger partial charge in [0.1, 0.15) is 13.2 Å². The van der Waals surface area contributed by atoms with E-state index in [1.54, 1.807) is 0 Å². The van der Waals surface area contributed by atoms with Crippen LogP contribution in [0, 0.1) is 0 Å². The van der Waals surface area contributed by atoms with Gasteiger partial charge in [0.2, 0.25) is 0 Å². The van der Waals surface area contributed by atoms with Crippen molar-refractivity contribution in [2.24, 2.45) is 0 Å². The van der Waals surface area contributed by atoms with E-state index in [4.69, 9.17) is 14.2 Å². The molecule has 0 N–H and O–H groups in total. The molecule has 0 unspecified atom stereocenters. The monoisotopic (exact) mass is 975 g/mol. The van der Waals surface area contributed by atoms with Crippen LogP contribution >= 0.6 is 0 Å². The molecule has 0 amide bonds. The van der Waals surface area contributed by atoms with E-state index in [0.29, 0.717) is 19.3 Å². The topological polar surface area (TPSA) is 78.9 Å². The van der Waals surface area contributed by atoms with E-state index in [2.05, 4.69) is 179 Å². The van der Waals surface area contributed by atoms with Gasteiger partial charge in [0.25, 0.3) is 0 Å². The molecule has 6 heteroatoms. The molecule has 394 valence electrons. The zero-order valence-electron chi connectivity index (χ0n) is 44.9. The summed E-state index contributed by atoms with van der Waals surface area (Å²) >= 11 is 0. The molecule has 0 heterocycles. The molecule has 0 aliphatic heterocycles.